The van der Waals surface area contributed by atoms with E-state index in [-0.39, 0.29) is 12.5 Å². The maximum atomic E-state index is 13.7. The normalized spacial score (nSPS) is 14.9. The number of anilines is 1. The van der Waals surface area contributed by atoms with Gasteiger partial charge in [0.15, 0.2) is 0 Å². The highest BCUT2D eigenvalue weighted by atomic mass is 35.5. The van der Waals surface area contributed by atoms with Crippen LogP contribution in [0, 0.1) is 5.82 Å². The van der Waals surface area contributed by atoms with Gasteiger partial charge in [0.1, 0.15) is 18.2 Å². The van der Waals surface area contributed by atoms with Gasteiger partial charge in [-0.05, 0) is 18.2 Å². The number of ether oxygens (including phenoxy) is 1. The first-order valence-electron chi connectivity index (χ1n) is 7.18. The van der Waals surface area contributed by atoms with Crippen molar-refractivity contribution in [3.8, 4) is 5.88 Å². The molecule has 1 aliphatic rings. The number of amides is 1. The van der Waals surface area contributed by atoms with Crippen LogP contribution < -0.4 is 15.0 Å². The van der Waals surface area contributed by atoms with Crippen LogP contribution in [0.3, 0.4) is 0 Å². The molecule has 2 aromatic rings. The minimum atomic E-state index is -0.425. The average molecular weight is 336 g/mol. The molecular weight excluding hydrogens is 321 g/mol. The SMILES string of the molecule is O=C1CNCCN1c1cccc(OCc2ccc(Cl)cc2F)n1. The zero-order valence-electron chi connectivity index (χ0n) is 12.3. The summed E-state index contributed by atoms with van der Waals surface area (Å²) >= 11 is 5.72. The van der Waals surface area contributed by atoms with Crippen LogP contribution >= 0.6 is 11.6 Å². The standard InChI is InChI=1S/C16H15ClFN3O2/c17-12-5-4-11(13(18)8-12)10-23-15-3-1-2-14(20-15)21-7-6-19-9-16(21)22/h1-5,8,19H,6-7,9-10H2. The van der Waals surface area contributed by atoms with E-state index in [0.717, 1.165) is 0 Å². The van der Waals surface area contributed by atoms with Crippen LogP contribution in [0.25, 0.3) is 0 Å². The minimum Gasteiger partial charge on any atom is -0.473 e. The molecule has 1 N–H and O–H groups in total. The van der Waals surface area contributed by atoms with Gasteiger partial charge in [0, 0.05) is 29.7 Å². The summed E-state index contributed by atoms with van der Waals surface area (Å²) in [6.07, 6.45) is 0. The second kappa shape index (κ2) is 6.93. The number of pyridine rings is 1. The lowest BCUT2D eigenvalue weighted by molar-refractivity contribution is -0.118. The molecule has 23 heavy (non-hydrogen) atoms. The number of nitrogens with one attached hydrogen (secondary N) is 1. The lowest BCUT2D eigenvalue weighted by Gasteiger charge is -2.26. The number of benzene rings is 1. The fourth-order valence-electron chi connectivity index (χ4n) is 2.27. The van der Waals surface area contributed by atoms with Gasteiger partial charge in [0.2, 0.25) is 11.8 Å². The molecule has 0 aliphatic carbocycles. The van der Waals surface area contributed by atoms with Crippen molar-refractivity contribution in [1.82, 2.24) is 10.3 Å². The summed E-state index contributed by atoms with van der Waals surface area (Å²) in [5.74, 6) is 0.407. The van der Waals surface area contributed by atoms with E-state index in [1.54, 1.807) is 35.2 Å². The molecule has 0 bridgehead atoms. The first kappa shape index (κ1) is 15.7. The molecule has 1 amide bonds. The summed E-state index contributed by atoms with van der Waals surface area (Å²) in [5, 5.41) is 3.34. The molecule has 1 aromatic heterocycles. The molecule has 120 valence electrons. The first-order chi connectivity index (χ1) is 11.1. The molecule has 1 saturated heterocycles. The van der Waals surface area contributed by atoms with Crippen LogP contribution in [-0.2, 0) is 11.4 Å². The van der Waals surface area contributed by atoms with Crippen molar-refractivity contribution < 1.29 is 13.9 Å². The highest BCUT2D eigenvalue weighted by Gasteiger charge is 2.20. The Bertz CT molecular complexity index is 726. The highest BCUT2D eigenvalue weighted by molar-refractivity contribution is 6.30. The van der Waals surface area contributed by atoms with E-state index < -0.39 is 5.82 Å². The van der Waals surface area contributed by atoms with Crippen molar-refractivity contribution in [3.05, 3.63) is 52.8 Å². The molecular formula is C16H15ClFN3O2. The van der Waals surface area contributed by atoms with Crippen LogP contribution in [0.4, 0.5) is 10.2 Å². The number of nitrogens with zero attached hydrogens (tertiary/aromatic N) is 2. The van der Waals surface area contributed by atoms with Gasteiger partial charge in [0.05, 0.1) is 6.54 Å². The lowest BCUT2D eigenvalue weighted by atomic mass is 10.2. The number of piperazine rings is 1. The van der Waals surface area contributed by atoms with E-state index in [9.17, 15) is 9.18 Å². The third-order valence-corrected chi connectivity index (χ3v) is 3.70. The molecule has 0 unspecified atom stereocenters. The molecule has 5 nitrogen and oxygen atoms in total. The van der Waals surface area contributed by atoms with Crippen LogP contribution in [0.5, 0.6) is 5.88 Å². The molecule has 2 heterocycles. The first-order valence-corrected chi connectivity index (χ1v) is 7.56. The van der Waals surface area contributed by atoms with Crippen molar-refractivity contribution in [1.29, 1.82) is 0 Å². The zero-order chi connectivity index (χ0) is 16.2. The summed E-state index contributed by atoms with van der Waals surface area (Å²) in [5.41, 5.74) is 0.389. The Kier molecular flexibility index (Phi) is 4.73. The molecule has 0 atom stereocenters. The van der Waals surface area contributed by atoms with Gasteiger partial charge in [-0.15, -0.1) is 0 Å². The second-order valence-electron chi connectivity index (χ2n) is 5.08. The van der Waals surface area contributed by atoms with Crippen LogP contribution in [0.2, 0.25) is 5.02 Å². The van der Waals surface area contributed by atoms with Gasteiger partial charge in [-0.3, -0.25) is 9.69 Å². The zero-order valence-corrected chi connectivity index (χ0v) is 13.0. The molecule has 1 fully saturated rings. The van der Waals surface area contributed by atoms with Crippen molar-refractivity contribution in [2.24, 2.45) is 0 Å². The number of carbonyl (C=O) groups is 1. The number of rotatable bonds is 4. The maximum Gasteiger partial charge on any atom is 0.242 e. The quantitative estimate of drug-likeness (QED) is 0.932. The molecule has 1 aliphatic heterocycles. The van der Waals surface area contributed by atoms with E-state index in [1.165, 1.54) is 6.07 Å². The Balaban J connectivity index is 1.71. The Labute approximate surface area is 138 Å². The number of halogens is 2. The van der Waals surface area contributed by atoms with E-state index in [2.05, 4.69) is 10.3 Å². The van der Waals surface area contributed by atoms with Crippen molar-refractivity contribution in [3.63, 3.8) is 0 Å². The van der Waals surface area contributed by atoms with E-state index in [0.29, 0.717) is 41.9 Å². The molecule has 1 aromatic carbocycles. The fourth-order valence-corrected chi connectivity index (χ4v) is 2.43. The number of aromatic nitrogens is 1. The summed E-state index contributed by atoms with van der Waals surface area (Å²) in [7, 11) is 0. The Hall–Kier alpha value is -2.18. The predicted octanol–water partition coefficient (Wildman–Crippen LogP) is 2.39. The summed E-state index contributed by atoms with van der Waals surface area (Å²) in [6.45, 7) is 1.60. The van der Waals surface area contributed by atoms with Crippen LogP contribution in [-0.4, -0.2) is 30.5 Å². The van der Waals surface area contributed by atoms with Gasteiger partial charge in [-0.2, -0.15) is 4.98 Å². The summed E-state index contributed by atoms with van der Waals surface area (Å²) < 4.78 is 19.3. The molecule has 0 spiro atoms. The number of hydrogen-bond acceptors (Lipinski definition) is 4. The van der Waals surface area contributed by atoms with Crippen molar-refractivity contribution >= 4 is 23.3 Å². The largest absolute Gasteiger partial charge is 0.473 e. The topological polar surface area (TPSA) is 54.5 Å². The number of carbonyl (C=O) groups excluding carboxylic acids is 1. The Morgan fingerprint density at radius 1 is 1.35 bits per heavy atom. The highest BCUT2D eigenvalue weighted by Crippen LogP contribution is 2.19. The summed E-state index contributed by atoms with van der Waals surface area (Å²) in [4.78, 5) is 17.8. The van der Waals surface area contributed by atoms with Crippen LogP contribution in [0.1, 0.15) is 5.56 Å². The van der Waals surface area contributed by atoms with Crippen LogP contribution in [0.15, 0.2) is 36.4 Å². The number of hydrogen-bond donors (Lipinski definition) is 1. The third kappa shape index (κ3) is 3.78. The lowest BCUT2D eigenvalue weighted by Crippen LogP contribution is -2.48. The van der Waals surface area contributed by atoms with Gasteiger partial charge >= 0.3 is 0 Å². The second-order valence-corrected chi connectivity index (χ2v) is 5.52. The molecule has 0 saturated carbocycles. The monoisotopic (exact) mass is 335 g/mol. The molecule has 7 heteroatoms. The third-order valence-electron chi connectivity index (χ3n) is 3.47. The Morgan fingerprint density at radius 3 is 3.00 bits per heavy atom. The van der Waals surface area contributed by atoms with Crippen molar-refractivity contribution in [2.75, 3.05) is 24.5 Å². The maximum absolute atomic E-state index is 13.7. The average Bonchev–Trinajstić information content (AvgIpc) is 2.55. The predicted molar refractivity (Wildman–Crippen MR) is 85.2 cm³/mol. The van der Waals surface area contributed by atoms with Crippen molar-refractivity contribution in [2.45, 2.75) is 6.61 Å². The smallest absolute Gasteiger partial charge is 0.242 e. The molecule has 3 rings (SSSR count). The van der Waals surface area contributed by atoms with E-state index in [1.807, 2.05) is 0 Å². The Morgan fingerprint density at radius 2 is 2.22 bits per heavy atom. The van der Waals surface area contributed by atoms with Gasteiger partial charge in [-0.25, -0.2) is 4.39 Å². The molecule has 0 radical (unpaired) electrons. The minimum absolute atomic E-state index is 0.0367. The van der Waals surface area contributed by atoms with Gasteiger partial charge in [-0.1, -0.05) is 23.7 Å². The van der Waals surface area contributed by atoms with E-state index >= 15 is 0 Å². The van der Waals surface area contributed by atoms with Gasteiger partial charge < -0.3 is 10.1 Å². The van der Waals surface area contributed by atoms with Gasteiger partial charge in [0.25, 0.3) is 0 Å². The summed E-state index contributed by atoms with van der Waals surface area (Å²) in [6, 6.07) is 9.59. The van der Waals surface area contributed by atoms with E-state index in [4.69, 9.17) is 16.3 Å². The fraction of sp³-hybridized carbons (Fsp3) is 0.250.